The van der Waals surface area contributed by atoms with Crippen LogP contribution in [0.1, 0.15) is 31.9 Å². The first-order chi connectivity index (χ1) is 9.08. The van der Waals surface area contributed by atoms with Gasteiger partial charge >= 0.3 is 0 Å². The van der Waals surface area contributed by atoms with Gasteiger partial charge in [0.05, 0.1) is 0 Å². The number of rotatable bonds is 7. The maximum atomic E-state index is 12.2. The Morgan fingerprint density at radius 3 is 2.32 bits per heavy atom. The van der Waals surface area contributed by atoms with Gasteiger partial charge in [-0.15, -0.1) is 0 Å². The van der Waals surface area contributed by atoms with Crippen molar-refractivity contribution in [3.63, 3.8) is 0 Å². The lowest BCUT2D eigenvalue weighted by Crippen LogP contribution is -2.36. The van der Waals surface area contributed by atoms with Crippen molar-refractivity contribution >= 4 is 5.91 Å². The number of amides is 1. The van der Waals surface area contributed by atoms with E-state index in [1.165, 1.54) is 11.1 Å². The van der Waals surface area contributed by atoms with Crippen molar-refractivity contribution in [2.75, 3.05) is 20.1 Å². The standard InChI is InChI=1S/C16H26N2O/c1-5-14-7-9-15(10-8-14)12-18(4)16(19)13(3)11-17-6-2/h7-10,13,17H,5-6,11-12H2,1-4H3. The van der Waals surface area contributed by atoms with E-state index in [0.717, 1.165) is 19.5 Å². The molecule has 3 nitrogen and oxygen atoms in total. The third-order valence-corrected chi connectivity index (χ3v) is 3.35. The van der Waals surface area contributed by atoms with E-state index in [2.05, 4.69) is 43.4 Å². The molecule has 0 aliphatic rings. The van der Waals surface area contributed by atoms with Gasteiger partial charge in [0.25, 0.3) is 0 Å². The third-order valence-electron chi connectivity index (χ3n) is 3.35. The van der Waals surface area contributed by atoms with Crippen LogP contribution in [0.2, 0.25) is 0 Å². The monoisotopic (exact) mass is 262 g/mol. The lowest BCUT2D eigenvalue weighted by molar-refractivity contribution is -0.134. The zero-order chi connectivity index (χ0) is 14.3. The maximum Gasteiger partial charge on any atom is 0.226 e. The average molecular weight is 262 g/mol. The molecule has 0 bridgehead atoms. The molecular formula is C16H26N2O. The van der Waals surface area contributed by atoms with Crippen LogP contribution in [0.15, 0.2) is 24.3 Å². The minimum Gasteiger partial charge on any atom is -0.341 e. The highest BCUT2D eigenvalue weighted by Gasteiger charge is 2.16. The molecule has 1 N–H and O–H groups in total. The van der Waals surface area contributed by atoms with Crippen LogP contribution in [0.25, 0.3) is 0 Å². The Hall–Kier alpha value is -1.35. The van der Waals surface area contributed by atoms with E-state index in [-0.39, 0.29) is 11.8 Å². The number of carbonyl (C=O) groups excluding carboxylic acids is 1. The largest absolute Gasteiger partial charge is 0.341 e. The van der Waals surface area contributed by atoms with Gasteiger partial charge in [0.15, 0.2) is 0 Å². The number of nitrogens with zero attached hydrogens (tertiary/aromatic N) is 1. The first kappa shape index (κ1) is 15.7. The first-order valence-electron chi connectivity index (χ1n) is 7.12. The zero-order valence-corrected chi connectivity index (χ0v) is 12.6. The lowest BCUT2D eigenvalue weighted by atomic mass is 10.1. The van der Waals surface area contributed by atoms with Gasteiger partial charge < -0.3 is 10.2 Å². The Labute approximate surface area is 117 Å². The predicted octanol–water partition coefficient (Wildman–Crippen LogP) is 2.45. The van der Waals surface area contributed by atoms with Crippen LogP contribution >= 0.6 is 0 Å². The van der Waals surface area contributed by atoms with Gasteiger partial charge in [-0.3, -0.25) is 4.79 Å². The molecule has 0 radical (unpaired) electrons. The summed E-state index contributed by atoms with van der Waals surface area (Å²) in [4.78, 5) is 14.0. The Kier molecular flexibility index (Phi) is 6.57. The summed E-state index contributed by atoms with van der Waals surface area (Å²) in [6.45, 7) is 8.50. The Balaban J connectivity index is 2.52. The van der Waals surface area contributed by atoms with Gasteiger partial charge in [0, 0.05) is 26.1 Å². The van der Waals surface area contributed by atoms with E-state index in [9.17, 15) is 4.79 Å². The molecule has 1 amide bonds. The highest BCUT2D eigenvalue weighted by molar-refractivity contribution is 5.78. The van der Waals surface area contributed by atoms with Crippen molar-refractivity contribution in [1.29, 1.82) is 0 Å². The summed E-state index contributed by atoms with van der Waals surface area (Å²) in [6, 6.07) is 8.49. The zero-order valence-electron chi connectivity index (χ0n) is 12.6. The normalized spacial score (nSPS) is 12.2. The van der Waals surface area contributed by atoms with E-state index >= 15 is 0 Å². The highest BCUT2D eigenvalue weighted by atomic mass is 16.2. The van der Waals surface area contributed by atoms with Crippen molar-refractivity contribution in [3.8, 4) is 0 Å². The van der Waals surface area contributed by atoms with Crippen LogP contribution < -0.4 is 5.32 Å². The fraction of sp³-hybridized carbons (Fsp3) is 0.562. The summed E-state index contributed by atoms with van der Waals surface area (Å²) in [5, 5.41) is 3.22. The number of aryl methyl sites for hydroxylation is 1. The fourth-order valence-electron chi connectivity index (χ4n) is 2.06. The molecule has 0 aromatic heterocycles. The van der Waals surface area contributed by atoms with Gasteiger partial charge in [-0.25, -0.2) is 0 Å². The van der Waals surface area contributed by atoms with Crippen molar-refractivity contribution in [1.82, 2.24) is 10.2 Å². The van der Waals surface area contributed by atoms with E-state index in [0.29, 0.717) is 6.54 Å². The quantitative estimate of drug-likeness (QED) is 0.818. The molecular weight excluding hydrogens is 236 g/mol. The Morgan fingerprint density at radius 1 is 1.21 bits per heavy atom. The molecule has 0 saturated carbocycles. The molecule has 0 aliphatic carbocycles. The summed E-state index contributed by atoms with van der Waals surface area (Å²) >= 11 is 0. The Morgan fingerprint density at radius 2 is 1.79 bits per heavy atom. The van der Waals surface area contributed by atoms with Crippen molar-refractivity contribution in [2.45, 2.75) is 33.7 Å². The van der Waals surface area contributed by atoms with Crippen molar-refractivity contribution < 1.29 is 4.79 Å². The predicted molar refractivity (Wildman–Crippen MR) is 80.0 cm³/mol. The Bertz CT molecular complexity index is 386. The number of nitrogens with one attached hydrogen (secondary N) is 1. The molecule has 1 aromatic carbocycles. The van der Waals surface area contributed by atoms with E-state index in [1.54, 1.807) is 0 Å². The van der Waals surface area contributed by atoms with Gasteiger partial charge in [-0.05, 0) is 24.1 Å². The SMILES string of the molecule is CCNCC(C)C(=O)N(C)Cc1ccc(CC)cc1. The molecule has 1 aromatic rings. The first-order valence-corrected chi connectivity index (χ1v) is 7.12. The van der Waals surface area contributed by atoms with E-state index in [4.69, 9.17) is 0 Å². The van der Waals surface area contributed by atoms with Gasteiger partial charge in [-0.1, -0.05) is 45.0 Å². The lowest BCUT2D eigenvalue weighted by Gasteiger charge is -2.21. The van der Waals surface area contributed by atoms with Crippen molar-refractivity contribution in [3.05, 3.63) is 35.4 Å². The molecule has 0 fully saturated rings. The topological polar surface area (TPSA) is 32.3 Å². The molecule has 0 heterocycles. The van der Waals surface area contributed by atoms with Crippen molar-refractivity contribution in [2.24, 2.45) is 5.92 Å². The summed E-state index contributed by atoms with van der Waals surface area (Å²) in [5.74, 6) is 0.223. The summed E-state index contributed by atoms with van der Waals surface area (Å²) < 4.78 is 0. The van der Waals surface area contributed by atoms with Gasteiger partial charge in [-0.2, -0.15) is 0 Å². The minimum absolute atomic E-state index is 0.0277. The number of carbonyl (C=O) groups is 1. The summed E-state index contributed by atoms with van der Waals surface area (Å²) in [5.41, 5.74) is 2.52. The molecule has 0 spiro atoms. The minimum atomic E-state index is 0.0277. The second kappa shape index (κ2) is 7.95. The van der Waals surface area contributed by atoms with Crippen LogP contribution in [-0.2, 0) is 17.8 Å². The molecule has 1 rings (SSSR count). The smallest absolute Gasteiger partial charge is 0.226 e. The molecule has 19 heavy (non-hydrogen) atoms. The third kappa shape index (κ3) is 5.03. The second-order valence-corrected chi connectivity index (χ2v) is 5.07. The second-order valence-electron chi connectivity index (χ2n) is 5.07. The van der Waals surface area contributed by atoms with E-state index in [1.807, 2.05) is 18.9 Å². The molecule has 0 saturated heterocycles. The van der Waals surface area contributed by atoms with Crippen LogP contribution in [0.3, 0.4) is 0 Å². The van der Waals surface area contributed by atoms with Gasteiger partial charge in [0.2, 0.25) is 5.91 Å². The fourth-order valence-corrected chi connectivity index (χ4v) is 2.06. The van der Waals surface area contributed by atoms with Crippen LogP contribution in [-0.4, -0.2) is 30.9 Å². The molecule has 1 atom stereocenters. The summed E-state index contributed by atoms with van der Waals surface area (Å²) in [7, 11) is 1.87. The molecule has 1 unspecified atom stereocenters. The average Bonchev–Trinajstić information content (AvgIpc) is 2.44. The van der Waals surface area contributed by atoms with Gasteiger partial charge in [0.1, 0.15) is 0 Å². The maximum absolute atomic E-state index is 12.2. The number of hydrogen-bond acceptors (Lipinski definition) is 2. The van der Waals surface area contributed by atoms with E-state index < -0.39 is 0 Å². The van der Waals surface area contributed by atoms with Crippen LogP contribution in [0.5, 0.6) is 0 Å². The van der Waals surface area contributed by atoms with Crippen LogP contribution in [0, 0.1) is 5.92 Å². The molecule has 0 aliphatic heterocycles. The number of hydrogen-bond donors (Lipinski definition) is 1. The highest BCUT2D eigenvalue weighted by Crippen LogP contribution is 2.09. The number of benzene rings is 1. The molecule has 106 valence electrons. The van der Waals surface area contributed by atoms with Crippen LogP contribution in [0.4, 0.5) is 0 Å². The molecule has 3 heteroatoms. The summed E-state index contributed by atoms with van der Waals surface area (Å²) in [6.07, 6.45) is 1.05.